The van der Waals surface area contributed by atoms with Crippen molar-refractivity contribution in [2.24, 2.45) is 0 Å². The Balaban J connectivity index is 1.65. The molecule has 0 atom stereocenters. The zero-order valence-corrected chi connectivity index (χ0v) is 14.9. The molecular weight excluding hydrogens is 376 g/mol. The lowest BCUT2D eigenvalue weighted by Gasteiger charge is -2.06. The number of aromatic nitrogens is 2. The van der Waals surface area contributed by atoms with E-state index in [0.29, 0.717) is 17.9 Å². The lowest BCUT2D eigenvalue weighted by Crippen LogP contribution is -2.14. The van der Waals surface area contributed by atoms with Crippen molar-refractivity contribution in [3.63, 3.8) is 0 Å². The zero-order chi connectivity index (χ0) is 20.8. The summed E-state index contributed by atoms with van der Waals surface area (Å²) in [5, 5.41) is 29.0. The second-order valence-electron chi connectivity index (χ2n) is 5.88. The van der Waals surface area contributed by atoms with E-state index in [4.69, 9.17) is 10.00 Å². The number of hydrogen-bond donors (Lipinski definition) is 2. The van der Waals surface area contributed by atoms with E-state index in [0.717, 1.165) is 11.1 Å². The Kier molecular flexibility index (Phi) is 5.66. The molecular formula is C20H14N4O5. The Bertz CT molecular complexity index is 1160. The standard InChI is InChI=1S/C20H14N4O5/c21-11-14-1-3-15(4-2-14)12-29-16-8-5-13(6-9-16)7-10-17-22-19(25)18(24(27)28)20(26)23-17/h1-10H,12H2,(H2,22,23,25,26)/b10-7+. The fourth-order valence-corrected chi connectivity index (χ4v) is 2.41. The third kappa shape index (κ3) is 4.84. The summed E-state index contributed by atoms with van der Waals surface area (Å²) >= 11 is 0. The lowest BCUT2D eigenvalue weighted by atomic mass is 10.1. The van der Waals surface area contributed by atoms with E-state index in [1.54, 1.807) is 42.5 Å². The molecule has 144 valence electrons. The van der Waals surface area contributed by atoms with Crippen LogP contribution in [0.3, 0.4) is 0 Å². The largest absolute Gasteiger partial charge is 0.489 e. The van der Waals surface area contributed by atoms with E-state index >= 15 is 0 Å². The van der Waals surface area contributed by atoms with Crippen molar-refractivity contribution in [3.05, 3.63) is 91.5 Å². The van der Waals surface area contributed by atoms with Crippen molar-refractivity contribution in [2.75, 3.05) is 0 Å². The summed E-state index contributed by atoms with van der Waals surface area (Å²) in [6.45, 7) is 0.355. The van der Waals surface area contributed by atoms with Crippen LogP contribution >= 0.6 is 0 Å². The van der Waals surface area contributed by atoms with Gasteiger partial charge in [0.2, 0.25) is 0 Å². The van der Waals surface area contributed by atoms with Crippen molar-refractivity contribution in [1.82, 2.24) is 9.97 Å². The molecule has 0 radical (unpaired) electrons. The molecule has 1 heterocycles. The molecule has 0 unspecified atom stereocenters. The van der Waals surface area contributed by atoms with Crippen LogP contribution in [0.5, 0.6) is 11.6 Å². The third-order valence-corrected chi connectivity index (χ3v) is 3.88. The molecule has 2 aromatic carbocycles. The monoisotopic (exact) mass is 390 g/mol. The SMILES string of the molecule is N#Cc1ccc(COc2ccc(/C=C/c3nc(O)c([N+](=O)[O-])c(=O)[nH]3)cc2)cc1. The number of nitrogens with one attached hydrogen (secondary N) is 1. The van der Waals surface area contributed by atoms with E-state index < -0.39 is 22.0 Å². The predicted molar refractivity (Wildman–Crippen MR) is 104 cm³/mol. The number of aromatic amines is 1. The fraction of sp³-hybridized carbons (Fsp3) is 0.0500. The molecule has 9 heteroatoms. The molecule has 9 nitrogen and oxygen atoms in total. The molecule has 0 aliphatic carbocycles. The van der Waals surface area contributed by atoms with Gasteiger partial charge >= 0.3 is 11.2 Å². The van der Waals surface area contributed by atoms with Gasteiger partial charge in [-0.15, -0.1) is 0 Å². The quantitative estimate of drug-likeness (QED) is 0.486. The van der Waals surface area contributed by atoms with E-state index in [2.05, 4.69) is 16.0 Å². The fourth-order valence-electron chi connectivity index (χ4n) is 2.41. The number of ether oxygens (including phenoxy) is 1. The summed E-state index contributed by atoms with van der Waals surface area (Å²) in [4.78, 5) is 27.1. The van der Waals surface area contributed by atoms with E-state index in [1.165, 1.54) is 6.08 Å². The van der Waals surface area contributed by atoms with Gasteiger partial charge in [-0.25, -0.2) is 0 Å². The van der Waals surface area contributed by atoms with Crippen LogP contribution in [0.4, 0.5) is 5.69 Å². The van der Waals surface area contributed by atoms with Gasteiger partial charge in [-0.2, -0.15) is 10.2 Å². The molecule has 29 heavy (non-hydrogen) atoms. The molecule has 0 saturated carbocycles. The summed E-state index contributed by atoms with van der Waals surface area (Å²) in [6.07, 6.45) is 3.03. The lowest BCUT2D eigenvalue weighted by molar-refractivity contribution is -0.387. The normalized spacial score (nSPS) is 10.6. The van der Waals surface area contributed by atoms with Crippen LogP contribution in [0.1, 0.15) is 22.5 Å². The van der Waals surface area contributed by atoms with E-state index in [9.17, 15) is 20.0 Å². The van der Waals surface area contributed by atoms with Gasteiger partial charge in [-0.3, -0.25) is 14.9 Å². The molecule has 0 fully saturated rings. The molecule has 0 bridgehead atoms. The second-order valence-corrected chi connectivity index (χ2v) is 5.88. The topological polar surface area (TPSA) is 142 Å². The summed E-state index contributed by atoms with van der Waals surface area (Å²) in [5.41, 5.74) is 0.249. The first-order chi connectivity index (χ1) is 14.0. The maximum Gasteiger partial charge on any atom is 0.395 e. The summed E-state index contributed by atoms with van der Waals surface area (Å²) in [5.74, 6) is -0.310. The van der Waals surface area contributed by atoms with Crippen molar-refractivity contribution < 1.29 is 14.8 Å². The Hall–Kier alpha value is -4.45. The third-order valence-electron chi connectivity index (χ3n) is 3.88. The Labute approximate surface area is 164 Å². The highest BCUT2D eigenvalue weighted by Gasteiger charge is 2.21. The van der Waals surface area contributed by atoms with Gasteiger partial charge in [-0.1, -0.05) is 30.3 Å². The van der Waals surface area contributed by atoms with Crippen LogP contribution < -0.4 is 10.3 Å². The molecule has 0 aliphatic rings. The van der Waals surface area contributed by atoms with Gasteiger partial charge in [0.1, 0.15) is 18.2 Å². The highest BCUT2D eigenvalue weighted by atomic mass is 16.6. The first-order valence-corrected chi connectivity index (χ1v) is 8.34. The first kappa shape index (κ1) is 19.3. The van der Waals surface area contributed by atoms with Crippen LogP contribution in [-0.2, 0) is 6.61 Å². The summed E-state index contributed by atoms with van der Waals surface area (Å²) < 4.78 is 5.69. The molecule has 3 rings (SSSR count). The zero-order valence-electron chi connectivity index (χ0n) is 14.9. The average molecular weight is 390 g/mol. The molecule has 0 amide bonds. The van der Waals surface area contributed by atoms with Crippen LogP contribution in [0.15, 0.2) is 53.3 Å². The number of aromatic hydroxyl groups is 1. The number of nitrogens with zero attached hydrogens (tertiary/aromatic N) is 3. The molecule has 3 aromatic rings. The number of nitro groups is 1. The van der Waals surface area contributed by atoms with Crippen molar-refractivity contribution in [2.45, 2.75) is 6.61 Å². The van der Waals surface area contributed by atoms with Crippen molar-refractivity contribution in [1.29, 1.82) is 5.26 Å². The van der Waals surface area contributed by atoms with Gasteiger partial charge in [-0.05, 0) is 41.5 Å². The van der Waals surface area contributed by atoms with Crippen LogP contribution in [0.25, 0.3) is 12.2 Å². The van der Waals surface area contributed by atoms with Gasteiger partial charge < -0.3 is 14.8 Å². The van der Waals surface area contributed by atoms with Crippen LogP contribution in [0, 0.1) is 21.4 Å². The Morgan fingerprint density at radius 3 is 2.45 bits per heavy atom. The van der Waals surface area contributed by atoms with Gasteiger partial charge in [0.05, 0.1) is 16.6 Å². The van der Waals surface area contributed by atoms with Gasteiger partial charge in [0, 0.05) is 0 Å². The smallest absolute Gasteiger partial charge is 0.395 e. The van der Waals surface area contributed by atoms with Crippen molar-refractivity contribution >= 4 is 17.8 Å². The number of benzene rings is 2. The minimum absolute atomic E-state index is 0.0146. The molecule has 2 N–H and O–H groups in total. The average Bonchev–Trinajstić information content (AvgIpc) is 2.71. The van der Waals surface area contributed by atoms with Crippen LogP contribution in [-0.4, -0.2) is 20.0 Å². The highest BCUT2D eigenvalue weighted by molar-refractivity contribution is 5.67. The highest BCUT2D eigenvalue weighted by Crippen LogP contribution is 2.18. The Morgan fingerprint density at radius 2 is 1.86 bits per heavy atom. The summed E-state index contributed by atoms with van der Waals surface area (Å²) in [7, 11) is 0. The van der Waals surface area contributed by atoms with E-state index in [1.807, 2.05) is 12.1 Å². The minimum atomic E-state index is -1.03. The number of hydrogen-bond acceptors (Lipinski definition) is 7. The van der Waals surface area contributed by atoms with Gasteiger partial charge in [0.25, 0.3) is 5.88 Å². The molecule has 0 saturated heterocycles. The number of rotatable bonds is 6. The number of nitriles is 1. The first-order valence-electron chi connectivity index (χ1n) is 8.34. The van der Waals surface area contributed by atoms with Gasteiger partial charge in [0.15, 0.2) is 0 Å². The molecule has 0 aliphatic heterocycles. The van der Waals surface area contributed by atoms with Crippen molar-refractivity contribution in [3.8, 4) is 17.7 Å². The molecule has 0 spiro atoms. The second kappa shape index (κ2) is 8.49. The van der Waals surface area contributed by atoms with E-state index in [-0.39, 0.29) is 5.82 Å². The minimum Gasteiger partial charge on any atom is -0.489 e. The Morgan fingerprint density at radius 1 is 1.17 bits per heavy atom. The number of H-pyrrole nitrogens is 1. The van der Waals surface area contributed by atoms with Crippen LogP contribution in [0.2, 0.25) is 0 Å². The maximum atomic E-state index is 11.6. The maximum absolute atomic E-state index is 11.6. The molecule has 1 aromatic heterocycles. The predicted octanol–water partition coefficient (Wildman–Crippen LogP) is 3.00. The summed E-state index contributed by atoms with van der Waals surface area (Å²) in [6, 6.07) is 16.2.